The quantitative estimate of drug-likeness (QED) is 0.824. The van der Waals surface area contributed by atoms with E-state index in [1.165, 1.54) is 12.1 Å². The number of hydrogen-bond donors (Lipinski definition) is 1. The molecule has 0 aliphatic heterocycles. The molecule has 1 aromatic rings. The SMILES string of the molecule is O=C(NCc1ccccc1C(F)(F)F)C(F)F. The van der Waals surface area contributed by atoms with E-state index >= 15 is 0 Å². The third-order valence-electron chi connectivity index (χ3n) is 1.97. The van der Waals surface area contributed by atoms with Crippen LogP contribution in [0.5, 0.6) is 0 Å². The number of rotatable bonds is 3. The molecule has 0 saturated heterocycles. The van der Waals surface area contributed by atoms with Gasteiger partial charge in [0.15, 0.2) is 0 Å². The van der Waals surface area contributed by atoms with Crippen LogP contribution < -0.4 is 5.32 Å². The summed E-state index contributed by atoms with van der Waals surface area (Å²) >= 11 is 0. The molecule has 1 aromatic carbocycles. The molecule has 0 aliphatic carbocycles. The highest BCUT2D eigenvalue weighted by molar-refractivity contribution is 5.79. The fourth-order valence-corrected chi connectivity index (χ4v) is 1.21. The van der Waals surface area contributed by atoms with Crippen LogP contribution in [0, 0.1) is 0 Å². The number of halogens is 5. The van der Waals surface area contributed by atoms with Crippen LogP contribution in [0.2, 0.25) is 0 Å². The van der Waals surface area contributed by atoms with E-state index in [1.54, 1.807) is 5.32 Å². The molecule has 0 spiro atoms. The molecule has 0 fully saturated rings. The van der Waals surface area contributed by atoms with Crippen molar-refractivity contribution in [3.63, 3.8) is 0 Å². The Hall–Kier alpha value is -1.66. The van der Waals surface area contributed by atoms with Crippen molar-refractivity contribution in [3.05, 3.63) is 35.4 Å². The van der Waals surface area contributed by atoms with E-state index in [4.69, 9.17) is 0 Å². The van der Waals surface area contributed by atoms with E-state index in [0.29, 0.717) is 0 Å². The first-order valence-corrected chi connectivity index (χ1v) is 4.53. The van der Waals surface area contributed by atoms with Crippen LogP contribution in [-0.4, -0.2) is 12.3 Å². The summed E-state index contributed by atoms with van der Waals surface area (Å²) in [5.74, 6) is -1.60. The maximum absolute atomic E-state index is 12.5. The highest BCUT2D eigenvalue weighted by atomic mass is 19.4. The van der Waals surface area contributed by atoms with Gasteiger partial charge in [0.05, 0.1) is 5.56 Å². The minimum Gasteiger partial charge on any atom is -0.347 e. The van der Waals surface area contributed by atoms with Crippen LogP contribution in [0.1, 0.15) is 11.1 Å². The summed E-state index contributed by atoms with van der Waals surface area (Å²) in [6.07, 6.45) is -7.82. The molecule has 0 aliphatic rings. The van der Waals surface area contributed by atoms with Crippen molar-refractivity contribution in [3.8, 4) is 0 Å². The highest BCUT2D eigenvalue weighted by Gasteiger charge is 2.32. The second-order valence-corrected chi connectivity index (χ2v) is 3.17. The molecule has 17 heavy (non-hydrogen) atoms. The predicted molar refractivity (Wildman–Crippen MR) is 49.3 cm³/mol. The van der Waals surface area contributed by atoms with Gasteiger partial charge in [0.2, 0.25) is 0 Å². The summed E-state index contributed by atoms with van der Waals surface area (Å²) in [5, 5.41) is 1.72. The van der Waals surface area contributed by atoms with E-state index in [1.807, 2.05) is 0 Å². The zero-order valence-corrected chi connectivity index (χ0v) is 8.39. The lowest BCUT2D eigenvalue weighted by Gasteiger charge is -2.12. The third-order valence-corrected chi connectivity index (χ3v) is 1.97. The third kappa shape index (κ3) is 3.69. The fourth-order valence-electron chi connectivity index (χ4n) is 1.21. The van der Waals surface area contributed by atoms with Crippen molar-refractivity contribution in [2.24, 2.45) is 0 Å². The van der Waals surface area contributed by atoms with Gasteiger partial charge in [0.25, 0.3) is 5.91 Å². The molecule has 1 N–H and O–H groups in total. The predicted octanol–water partition coefficient (Wildman–Crippen LogP) is 2.59. The van der Waals surface area contributed by atoms with Gasteiger partial charge < -0.3 is 5.32 Å². The molecule has 0 heterocycles. The van der Waals surface area contributed by atoms with Gasteiger partial charge in [-0.25, -0.2) is 0 Å². The van der Waals surface area contributed by atoms with Crippen LogP contribution in [0.3, 0.4) is 0 Å². The first-order valence-electron chi connectivity index (χ1n) is 4.53. The Balaban J connectivity index is 2.82. The normalized spacial score (nSPS) is 11.6. The number of hydrogen-bond acceptors (Lipinski definition) is 1. The highest BCUT2D eigenvalue weighted by Crippen LogP contribution is 2.31. The molecule has 1 amide bonds. The van der Waals surface area contributed by atoms with Crippen molar-refractivity contribution in [2.75, 3.05) is 0 Å². The largest absolute Gasteiger partial charge is 0.416 e. The maximum atomic E-state index is 12.5. The molecule has 2 nitrogen and oxygen atoms in total. The number of nitrogens with one attached hydrogen (secondary N) is 1. The average molecular weight is 253 g/mol. The minimum atomic E-state index is -4.58. The van der Waals surface area contributed by atoms with Gasteiger partial charge in [-0.3, -0.25) is 4.79 Å². The summed E-state index contributed by atoms with van der Waals surface area (Å²) in [5.41, 5.74) is -1.21. The number of benzene rings is 1. The van der Waals surface area contributed by atoms with Gasteiger partial charge in [0, 0.05) is 6.54 Å². The van der Waals surface area contributed by atoms with Crippen LogP contribution in [-0.2, 0) is 17.5 Å². The molecular formula is C10H8F5NO. The molecule has 1 rings (SSSR count). The van der Waals surface area contributed by atoms with Gasteiger partial charge in [-0.05, 0) is 11.6 Å². The molecule has 0 unspecified atom stereocenters. The summed E-state index contributed by atoms with van der Waals surface area (Å²) < 4.78 is 61.1. The number of carbonyl (C=O) groups excluding carboxylic acids is 1. The smallest absolute Gasteiger partial charge is 0.347 e. The maximum Gasteiger partial charge on any atom is 0.416 e. The lowest BCUT2D eigenvalue weighted by Crippen LogP contribution is -2.29. The molecule has 0 radical (unpaired) electrons. The van der Waals surface area contributed by atoms with Gasteiger partial charge >= 0.3 is 12.6 Å². The first kappa shape index (κ1) is 13.4. The summed E-state index contributed by atoms with van der Waals surface area (Å²) in [6.45, 7) is -0.584. The molecule has 0 atom stereocenters. The Morgan fingerprint density at radius 3 is 2.35 bits per heavy atom. The summed E-state index contributed by atoms with van der Waals surface area (Å²) in [4.78, 5) is 10.5. The zero-order chi connectivity index (χ0) is 13.1. The van der Waals surface area contributed by atoms with Crippen LogP contribution in [0.4, 0.5) is 22.0 Å². The van der Waals surface area contributed by atoms with E-state index in [-0.39, 0.29) is 5.56 Å². The zero-order valence-electron chi connectivity index (χ0n) is 8.39. The Labute approximate surface area is 93.4 Å². The fraction of sp³-hybridized carbons (Fsp3) is 0.300. The molecule has 94 valence electrons. The van der Waals surface area contributed by atoms with Crippen LogP contribution in [0.25, 0.3) is 0 Å². The molecule has 0 saturated carbocycles. The number of carbonyl (C=O) groups is 1. The molecule has 0 bridgehead atoms. The summed E-state index contributed by atoms with van der Waals surface area (Å²) in [7, 11) is 0. The van der Waals surface area contributed by atoms with Crippen LogP contribution in [0.15, 0.2) is 24.3 Å². The van der Waals surface area contributed by atoms with E-state index in [2.05, 4.69) is 0 Å². The van der Waals surface area contributed by atoms with E-state index < -0.39 is 30.6 Å². The van der Waals surface area contributed by atoms with Gasteiger partial charge in [-0.1, -0.05) is 18.2 Å². The van der Waals surface area contributed by atoms with Gasteiger partial charge in [0.1, 0.15) is 0 Å². The average Bonchev–Trinajstić information content (AvgIpc) is 2.24. The molecular weight excluding hydrogens is 245 g/mol. The van der Waals surface area contributed by atoms with Crippen molar-refractivity contribution >= 4 is 5.91 Å². The Morgan fingerprint density at radius 2 is 1.82 bits per heavy atom. The van der Waals surface area contributed by atoms with Gasteiger partial charge in [-0.15, -0.1) is 0 Å². The Morgan fingerprint density at radius 1 is 1.24 bits per heavy atom. The Kier molecular flexibility index (Phi) is 4.03. The first-order chi connectivity index (χ1) is 7.82. The van der Waals surface area contributed by atoms with Crippen molar-refractivity contribution in [2.45, 2.75) is 19.1 Å². The minimum absolute atomic E-state index is 0.256. The topological polar surface area (TPSA) is 29.1 Å². The van der Waals surface area contributed by atoms with Crippen LogP contribution >= 0.6 is 0 Å². The molecule has 0 aromatic heterocycles. The molecule has 7 heteroatoms. The van der Waals surface area contributed by atoms with E-state index in [9.17, 15) is 26.7 Å². The van der Waals surface area contributed by atoms with Crippen molar-refractivity contribution in [1.29, 1.82) is 0 Å². The number of alkyl halides is 5. The summed E-state index contributed by atoms with van der Waals surface area (Å²) in [6, 6.07) is 4.46. The number of amides is 1. The Bertz CT molecular complexity index is 402. The van der Waals surface area contributed by atoms with Crippen molar-refractivity contribution < 1.29 is 26.7 Å². The van der Waals surface area contributed by atoms with Crippen molar-refractivity contribution in [1.82, 2.24) is 5.32 Å². The lowest BCUT2D eigenvalue weighted by atomic mass is 10.1. The van der Waals surface area contributed by atoms with Gasteiger partial charge in [-0.2, -0.15) is 22.0 Å². The second kappa shape index (κ2) is 5.11. The standard InChI is InChI=1S/C10H8F5NO/c11-8(12)9(17)16-5-6-3-1-2-4-7(6)10(13,14)15/h1-4,8H,5H2,(H,16,17). The lowest BCUT2D eigenvalue weighted by molar-refractivity contribution is -0.139. The van der Waals surface area contributed by atoms with E-state index in [0.717, 1.165) is 12.1 Å². The second-order valence-electron chi connectivity index (χ2n) is 3.17. The monoisotopic (exact) mass is 253 g/mol.